The van der Waals surface area contributed by atoms with E-state index < -0.39 is 0 Å². The van der Waals surface area contributed by atoms with Gasteiger partial charge in [-0.1, -0.05) is 19.8 Å². The molecule has 0 aromatic heterocycles. The number of rotatable bonds is 5. The van der Waals surface area contributed by atoms with Crippen molar-refractivity contribution in [2.45, 2.75) is 77.8 Å². The van der Waals surface area contributed by atoms with Gasteiger partial charge in [-0.15, -0.1) is 0 Å². The average Bonchev–Trinajstić information content (AvgIpc) is 2.84. The second-order valence-electron chi connectivity index (χ2n) is 6.73. The summed E-state index contributed by atoms with van der Waals surface area (Å²) >= 11 is 0. The third-order valence-electron chi connectivity index (χ3n) is 5.54. The van der Waals surface area contributed by atoms with Crippen molar-refractivity contribution in [2.75, 3.05) is 19.6 Å². The van der Waals surface area contributed by atoms with Crippen molar-refractivity contribution in [3.05, 3.63) is 0 Å². The Balaban J connectivity index is 1.77. The number of piperidine rings is 1. The summed E-state index contributed by atoms with van der Waals surface area (Å²) in [6.07, 6.45) is 10.2. The fourth-order valence-electron chi connectivity index (χ4n) is 3.89. The van der Waals surface area contributed by atoms with E-state index in [0.717, 1.165) is 12.0 Å². The van der Waals surface area contributed by atoms with Crippen LogP contribution >= 0.6 is 0 Å². The molecule has 1 saturated heterocycles. The first-order chi connectivity index (χ1) is 8.67. The molecule has 2 nitrogen and oxygen atoms in total. The van der Waals surface area contributed by atoms with Crippen LogP contribution in [0, 0.1) is 5.41 Å². The van der Waals surface area contributed by atoms with E-state index in [9.17, 15) is 0 Å². The van der Waals surface area contributed by atoms with Crippen LogP contribution in [0.5, 0.6) is 0 Å². The molecule has 18 heavy (non-hydrogen) atoms. The predicted molar refractivity (Wildman–Crippen MR) is 78.9 cm³/mol. The molecule has 0 bridgehead atoms. The number of nitrogens with zero attached hydrogens (tertiary/aromatic N) is 1. The van der Waals surface area contributed by atoms with Crippen molar-refractivity contribution >= 4 is 0 Å². The summed E-state index contributed by atoms with van der Waals surface area (Å²) in [5, 5.41) is 3.65. The highest BCUT2D eigenvalue weighted by Crippen LogP contribution is 2.46. The smallest absolute Gasteiger partial charge is 0.0218 e. The van der Waals surface area contributed by atoms with Gasteiger partial charge < -0.3 is 5.32 Å². The van der Waals surface area contributed by atoms with Gasteiger partial charge in [0.25, 0.3) is 0 Å². The number of hydrogen-bond donors (Lipinski definition) is 1. The molecular weight excluding hydrogens is 220 g/mol. The topological polar surface area (TPSA) is 15.3 Å². The molecule has 1 saturated carbocycles. The summed E-state index contributed by atoms with van der Waals surface area (Å²) in [5.41, 5.74) is 0.760. The molecule has 0 aromatic carbocycles. The van der Waals surface area contributed by atoms with Crippen molar-refractivity contribution < 1.29 is 0 Å². The van der Waals surface area contributed by atoms with Crippen LogP contribution in [0.25, 0.3) is 0 Å². The second kappa shape index (κ2) is 6.38. The molecule has 1 aliphatic carbocycles. The molecule has 2 fully saturated rings. The first-order valence-corrected chi connectivity index (χ1v) is 8.14. The van der Waals surface area contributed by atoms with Crippen molar-refractivity contribution in [3.8, 4) is 0 Å². The van der Waals surface area contributed by atoms with E-state index in [1.54, 1.807) is 0 Å². The maximum Gasteiger partial charge on any atom is 0.0218 e. The van der Waals surface area contributed by atoms with E-state index in [2.05, 4.69) is 31.0 Å². The molecule has 106 valence electrons. The quantitative estimate of drug-likeness (QED) is 0.806. The Kier molecular flexibility index (Phi) is 5.08. The summed E-state index contributed by atoms with van der Waals surface area (Å²) in [6.45, 7) is 10.8. The fourth-order valence-corrected chi connectivity index (χ4v) is 3.89. The van der Waals surface area contributed by atoms with Gasteiger partial charge in [0.2, 0.25) is 0 Å². The third kappa shape index (κ3) is 3.27. The lowest BCUT2D eigenvalue weighted by Crippen LogP contribution is -2.51. The van der Waals surface area contributed by atoms with Gasteiger partial charge in [-0.25, -0.2) is 0 Å². The maximum atomic E-state index is 3.65. The fraction of sp³-hybridized carbons (Fsp3) is 1.00. The maximum absolute atomic E-state index is 3.65. The Morgan fingerprint density at radius 2 is 1.67 bits per heavy atom. The van der Waals surface area contributed by atoms with Gasteiger partial charge in [-0.2, -0.15) is 0 Å². The first-order valence-electron chi connectivity index (χ1n) is 8.14. The number of hydrogen-bond acceptors (Lipinski definition) is 2. The molecule has 1 aliphatic heterocycles. The Morgan fingerprint density at radius 1 is 1.06 bits per heavy atom. The average molecular weight is 252 g/mol. The lowest BCUT2D eigenvalue weighted by Gasteiger charge is -2.43. The molecule has 0 radical (unpaired) electrons. The van der Waals surface area contributed by atoms with E-state index in [-0.39, 0.29) is 0 Å². The highest BCUT2D eigenvalue weighted by atomic mass is 15.2. The Morgan fingerprint density at radius 3 is 2.22 bits per heavy atom. The van der Waals surface area contributed by atoms with Crippen LogP contribution in [0.15, 0.2) is 0 Å². The molecule has 1 heterocycles. The molecule has 2 heteroatoms. The summed E-state index contributed by atoms with van der Waals surface area (Å²) in [4.78, 5) is 2.72. The van der Waals surface area contributed by atoms with Gasteiger partial charge in [0.1, 0.15) is 0 Å². The largest absolute Gasteiger partial charge is 0.313 e. The van der Waals surface area contributed by atoms with E-state index in [1.807, 2.05) is 0 Å². The Bertz CT molecular complexity index is 235. The number of nitrogens with one attached hydrogen (secondary N) is 1. The highest BCUT2D eigenvalue weighted by molar-refractivity contribution is 4.92. The van der Waals surface area contributed by atoms with E-state index >= 15 is 0 Å². The molecule has 2 rings (SSSR count). The summed E-state index contributed by atoms with van der Waals surface area (Å²) in [5.74, 6) is 0. The number of likely N-dealkylation sites (tertiary alicyclic amines) is 1. The molecule has 2 aliphatic rings. The van der Waals surface area contributed by atoms with Crippen molar-refractivity contribution in [1.82, 2.24) is 10.2 Å². The minimum atomic E-state index is 0.627. The molecule has 0 aromatic rings. The van der Waals surface area contributed by atoms with Crippen LogP contribution in [-0.4, -0.2) is 36.6 Å². The Labute approximate surface area is 114 Å². The zero-order chi connectivity index (χ0) is 13.0. The summed E-state index contributed by atoms with van der Waals surface area (Å²) in [6, 6.07) is 1.32. The minimum Gasteiger partial charge on any atom is -0.313 e. The van der Waals surface area contributed by atoms with Crippen LogP contribution in [0.1, 0.15) is 65.7 Å². The van der Waals surface area contributed by atoms with E-state index in [4.69, 9.17) is 0 Å². The lowest BCUT2D eigenvalue weighted by atomic mass is 9.76. The van der Waals surface area contributed by atoms with Crippen LogP contribution in [0.4, 0.5) is 0 Å². The molecule has 2 atom stereocenters. The van der Waals surface area contributed by atoms with Crippen molar-refractivity contribution in [3.63, 3.8) is 0 Å². The Hall–Kier alpha value is -0.0800. The van der Waals surface area contributed by atoms with Gasteiger partial charge in [0, 0.05) is 12.1 Å². The SMILES string of the molecule is CCCNC(C)C(C)N1CCC2(CCCC2)CC1. The van der Waals surface area contributed by atoms with Gasteiger partial charge in [0.05, 0.1) is 0 Å². The van der Waals surface area contributed by atoms with Crippen molar-refractivity contribution in [2.24, 2.45) is 5.41 Å². The van der Waals surface area contributed by atoms with Gasteiger partial charge in [0.15, 0.2) is 0 Å². The normalized spacial score (nSPS) is 27.5. The summed E-state index contributed by atoms with van der Waals surface area (Å²) < 4.78 is 0. The summed E-state index contributed by atoms with van der Waals surface area (Å²) in [7, 11) is 0. The molecular formula is C16H32N2. The van der Waals surface area contributed by atoms with Gasteiger partial charge >= 0.3 is 0 Å². The zero-order valence-corrected chi connectivity index (χ0v) is 12.7. The first kappa shape index (κ1) is 14.3. The highest BCUT2D eigenvalue weighted by Gasteiger charge is 2.38. The van der Waals surface area contributed by atoms with E-state index in [0.29, 0.717) is 12.1 Å². The molecule has 0 amide bonds. The van der Waals surface area contributed by atoms with Crippen LogP contribution < -0.4 is 5.32 Å². The lowest BCUT2D eigenvalue weighted by molar-refractivity contribution is 0.0698. The van der Waals surface area contributed by atoms with Crippen molar-refractivity contribution in [1.29, 1.82) is 0 Å². The van der Waals surface area contributed by atoms with Crippen LogP contribution in [-0.2, 0) is 0 Å². The monoisotopic (exact) mass is 252 g/mol. The molecule has 1 N–H and O–H groups in total. The second-order valence-corrected chi connectivity index (χ2v) is 6.73. The standard InChI is InChI=1S/C16H32N2/c1-4-11-17-14(2)15(3)18-12-9-16(10-13-18)7-5-6-8-16/h14-15,17H,4-13H2,1-3H3. The van der Waals surface area contributed by atoms with E-state index in [1.165, 1.54) is 58.0 Å². The molecule has 1 spiro atoms. The van der Waals surface area contributed by atoms with Crippen LogP contribution in [0.2, 0.25) is 0 Å². The molecule has 2 unspecified atom stereocenters. The van der Waals surface area contributed by atoms with Crippen LogP contribution in [0.3, 0.4) is 0 Å². The zero-order valence-electron chi connectivity index (χ0n) is 12.7. The predicted octanol–water partition coefficient (Wildman–Crippen LogP) is 3.42. The van der Waals surface area contributed by atoms with Gasteiger partial charge in [-0.05, 0) is 71.0 Å². The third-order valence-corrected chi connectivity index (χ3v) is 5.54. The minimum absolute atomic E-state index is 0.627. The van der Waals surface area contributed by atoms with Gasteiger partial charge in [-0.3, -0.25) is 4.90 Å².